The van der Waals surface area contributed by atoms with Crippen LogP contribution in [0.5, 0.6) is 17.2 Å². The van der Waals surface area contributed by atoms with E-state index in [9.17, 15) is 9.90 Å². The van der Waals surface area contributed by atoms with Gasteiger partial charge in [-0.05, 0) is 37.6 Å². The number of rotatable bonds is 5. The molecule has 2 aliphatic rings. The molecule has 0 unspecified atom stereocenters. The van der Waals surface area contributed by atoms with E-state index in [0.717, 1.165) is 12.2 Å². The lowest BCUT2D eigenvalue weighted by Gasteiger charge is -2.42. The van der Waals surface area contributed by atoms with Gasteiger partial charge in [0.05, 0.1) is 19.8 Å². The average molecular weight is 412 g/mol. The quantitative estimate of drug-likeness (QED) is 0.786. The molecular formula is C23H28N2O5. The number of β-amino-alcohol motifs (C(OH)–C–C–N with tert-alkyl or cyclic N) is 1. The first kappa shape index (κ1) is 20.5. The van der Waals surface area contributed by atoms with Gasteiger partial charge in [0.2, 0.25) is 5.91 Å². The van der Waals surface area contributed by atoms with Crippen molar-refractivity contribution in [2.75, 3.05) is 38.2 Å². The van der Waals surface area contributed by atoms with Crippen molar-refractivity contribution in [3.63, 3.8) is 0 Å². The van der Waals surface area contributed by atoms with E-state index in [-0.39, 0.29) is 18.6 Å². The molecule has 0 radical (unpaired) electrons. The second kappa shape index (κ2) is 8.93. The van der Waals surface area contributed by atoms with E-state index >= 15 is 0 Å². The fraction of sp³-hybridized carbons (Fsp3) is 0.435. The maximum absolute atomic E-state index is 12.6. The molecule has 2 aliphatic heterocycles. The molecule has 160 valence electrons. The second-order valence-electron chi connectivity index (χ2n) is 8.04. The Hall–Kier alpha value is -2.77. The average Bonchev–Trinajstić information content (AvgIpc) is 2.95. The summed E-state index contributed by atoms with van der Waals surface area (Å²) in [5, 5.41) is 13.8. The van der Waals surface area contributed by atoms with Crippen LogP contribution in [-0.4, -0.2) is 60.5 Å². The first-order chi connectivity index (χ1) is 14.5. The molecule has 1 fully saturated rings. The Kier molecular flexibility index (Phi) is 6.11. The number of hydrogen-bond donors (Lipinski definition) is 2. The highest BCUT2D eigenvalue weighted by atomic mass is 16.5. The Morgan fingerprint density at radius 2 is 1.97 bits per heavy atom. The number of nitrogens with one attached hydrogen (secondary N) is 1. The van der Waals surface area contributed by atoms with Gasteiger partial charge < -0.3 is 24.6 Å². The largest absolute Gasteiger partial charge is 0.490 e. The molecule has 2 N–H and O–H groups in total. The number of piperidine rings is 1. The lowest BCUT2D eigenvalue weighted by Crippen LogP contribution is -2.58. The third-order valence-electron chi connectivity index (χ3n) is 5.36. The van der Waals surface area contributed by atoms with Crippen LogP contribution in [0.25, 0.3) is 0 Å². The van der Waals surface area contributed by atoms with Crippen molar-refractivity contribution in [3.05, 3.63) is 48.5 Å². The van der Waals surface area contributed by atoms with E-state index in [1.807, 2.05) is 47.4 Å². The summed E-state index contributed by atoms with van der Waals surface area (Å²) in [6.45, 7) is 4.21. The molecule has 0 aromatic heterocycles. The summed E-state index contributed by atoms with van der Waals surface area (Å²) >= 11 is 0. The Balaban J connectivity index is 1.32. The smallest absolute Gasteiger partial charge is 0.238 e. The number of para-hydroxylation sites is 1. The van der Waals surface area contributed by atoms with Gasteiger partial charge in [0.1, 0.15) is 17.5 Å². The Bertz CT molecular complexity index is 871. The zero-order valence-corrected chi connectivity index (χ0v) is 17.2. The number of amides is 1. The molecule has 7 heteroatoms. The maximum atomic E-state index is 12.6. The van der Waals surface area contributed by atoms with E-state index in [1.54, 1.807) is 13.0 Å². The highest BCUT2D eigenvalue weighted by molar-refractivity contribution is 5.92. The van der Waals surface area contributed by atoms with E-state index < -0.39 is 5.60 Å². The number of carbonyl (C=O) groups excluding carboxylic acids is 1. The SMILES string of the molecule is C[C@]1(O)CN(CC(=O)Nc2ccc3c(c2)OCCCO3)CC[C@@H]1Oc1ccccc1. The van der Waals surface area contributed by atoms with Crippen LogP contribution in [0.15, 0.2) is 48.5 Å². The maximum Gasteiger partial charge on any atom is 0.238 e. The molecule has 4 rings (SSSR count). The summed E-state index contributed by atoms with van der Waals surface area (Å²) in [6.07, 6.45) is 1.15. The summed E-state index contributed by atoms with van der Waals surface area (Å²) in [4.78, 5) is 14.5. The molecule has 0 bridgehead atoms. The zero-order chi connectivity index (χ0) is 21.0. The lowest BCUT2D eigenvalue weighted by atomic mass is 9.91. The fourth-order valence-electron chi connectivity index (χ4n) is 3.87. The Morgan fingerprint density at radius 1 is 1.20 bits per heavy atom. The molecular weight excluding hydrogens is 384 g/mol. The fourth-order valence-corrected chi connectivity index (χ4v) is 3.87. The molecule has 7 nitrogen and oxygen atoms in total. The van der Waals surface area contributed by atoms with Gasteiger partial charge in [-0.1, -0.05) is 18.2 Å². The standard InChI is InChI=1S/C23H28N2O5/c1-23(27)16-25(11-10-21(23)30-18-6-3-2-4-7-18)15-22(26)24-17-8-9-19-20(14-17)29-13-5-12-28-19/h2-4,6-9,14,21,27H,5,10-13,15-16H2,1H3,(H,24,26)/t21-,23-/m0/s1. The minimum Gasteiger partial charge on any atom is -0.490 e. The second-order valence-corrected chi connectivity index (χ2v) is 8.04. The van der Waals surface area contributed by atoms with Crippen molar-refractivity contribution in [1.82, 2.24) is 4.90 Å². The molecule has 0 spiro atoms. The minimum atomic E-state index is -1.05. The van der Waals surface area contributed by atoms with Gasteiger partial charge in [-0.2, -0.15) is 0 Å². The monoisotopic (exact) mass is 412 g/mol. The van der Waals surface area contributed by atoms with Crippen LogP contribution in [0.1, 0.15) is 19.8 Å². The van der Waals surface area contributed by atoms with Gasteiger partial charge in [0.25, 0.3) is 0 Å². The first-order valence-corrected chi connectivity index (χ1v) is 10.4. The molecule has 2 aromatic carbocycles. The Morgan fingerprint density at radius 3 is 2.73 bits per heavy atom. The van der Waals surface area contributed by atoms with Gasteiger partial charge in [-0.25, -0.2) is 0 Å². The van der Waals surface area contributed by atoms with Gasteiger partial charge >= 0.3 is 0 Å². The number of anilines is 1. The molecule has 1 saturated heterocycles. The number of ether oxygens (including phenoxy) is 3. The summed E-state index contributed by atoms with van der Waals surface area (Å²) in [7, 11) is 0. The number of fused-ring (bicyclic) bond motifs is 1. The third kappa shape index (κ3) is 5.04. The first-order valence-electron chi connectivity index (χ1n) is 10.4. The lowest BCUT2D eigenvalue weighted by molar-refractivity contribution is -0.123. The van der Waals surface area contributed by atoms with E-state index in [2.05, 4.69) is 5.32 Å². The van der Waals surface area contributed by atoms with Crippen LogP contribution < -0.4 is 19.5 Å². The van der Waals surface area contributed by atoms with Crippen LogP contribution in [0.4, 0.5) is 5.69 Å². The van der Waals surface area contributed by atoms with E-state index in [4.69, 9.17) is 14.2 Å². The molecule has 30 heavy (non-hydrogen) atoms. The van der Waals surface area contributed by atoms with Gasteiger partial charge in [-0.3, -0.25) is 9.69 Å². The summed E-state index contributed by atoms with van der Waals surface area (Å²) < 4.78 is 17.3. The minimum absolute atomic E-state index is 0.136. The summed E-state index contributed by atoms with van der Waals surface area (Å²) in [5.74, 6) is 1.94. The van der Waals surface area contributed by atoms with Crippen molar-refractivity contribution in [2.45, 2.75) is 31.5 Å². The summed E-state index contributed by atoms with van der Waals surface area (Å²) in [6, 6.07) is 14.9. The third-order valence-corrected chi connectivity index (χ3v) is 5.36. The molecule has 2 aromatic rings. The van der Waals surface area contributed by atoms with Crippen molar-refractivity contribution >= 4 is 11.6 Å². The van der Waals surface area contributed by atoms with Crippen LogP contribution in [0.3, 0.4) is 0 Å². The molecule has 1 amide bonds. The number of hydrogen-bond acceptors (Lipinski definition) is 6. The number of aliphatic hydroxyl groups is 1. The molecule has 0 saturated carbocycles. The van der Waals surface area contributed by atoms with Crippen molar-refractivity contribution < 1.29 is 24.1 Å². The highest BCUT2D eigenvalue weighted by Crippen LogP contribution is 2.32. The van der Waals surface area contributed by atoms with E-state index in [1.165, 1.54) is 0 Å². The molecule has 0 aliphatic carbocycles. The predicted octanol–water partition coefficient (Wildman–Crippen LogP) is 2.69. The van der Waals surface area contributed by atoms with Crippen LogP contribution in [-0.2, 0) is 4.79 Å². The van der Waals surface area contributed by atoms with E-state index in [0.29, 0.717) is 49.9 Å². The highest BCUT2D eigenvalue weighted by Gasteiger charge is 2.40. The van der Waals surface area contributed by atoms with Gasteiger partial charge in [-0.15, -0.1) is 0 Å². The number of nitrogens with zero attached hydrogens (tertiary/aromatic N) is 1. The summed E-state index contributed by atoms with van der Waals surface area (Å²) in [5.41, 5.74) is -0.387. The van der Waals surface area contributed by atoms with Crippen LogP contribution in [0, 0.1) is 0 Å². The topological polar surface area (TPSA) is 80.3 Å². The van der Waals surface area contributed by atoms with Crippen molar-refractivity contribution in [3.8, 4) is 17.2 Å². The zero-order valence-electron chi connectivity index (χ0n) is 17.2. The Labute approximate surface area is 176 Å². The number of likely N-dealkylation sites (tertiary alicyclic amines) is 1. The van der Waals surface area contributed by atoms with Crippen LogP contribution >= 0.6 is 0 Å². The number of benzene rings is 2. The van der Waals surface area contributed by atoms with Gasteiger partial charge in [0.15, 0.2) is 11.5 Å². The number of carbonyl (C=O) groups is 1. The van der Waals surface area contributed by atoms with Crippen molar-refractivity contribution in [2.24, 2.45) is 0 Å². The van der Waals surface area contributed by atoms with Gasteiger partial charge in [0, 0.05) is 31.3 Å². The predicted molar refractivity (Wildman–Crippen MR) is 113 cm³/mol. The molecule has 2 heterocycles. The normalized spacial score (nSPS) is 24.0. The molecule has 2 atom stereocenters. The van der Waals surface area contributed by atoms with Crippen molar-refractivity contribution in [1.29, 1.82) is 0 Å². The van der Waals surface area contributed by atoms with Crippen LogP contribution in [0.2, 0.25) is 0 Å².